The third kappa shape index (κ3) is 1.48. The Bertz CT molecular complexity index is 95.8. The Morgan fingerprint density at radius 3 is 1.80 bits per heavy atom. The lowest BCUT2D eigenvalue weighted by molar-refractivity contribution is 0.141. The highest BCUT2D eigenvalue weighted by Gasteiger charge is 2.30. The van der Waals surface area contributed by atoms with E-state index in [0.29, 0.717) is 0 Å². The van der Waals surface area contributed by atoms with Crippen LogP contribution in [0.3, 0.4) is 0 Å². The maximum atomic E-state index is 8.82. The summed E-state index contributed by atoms with van der Waals surface area (Å²) in [5.41, 5.74) is 5.64. The number of nitrogens with two attached hydrogens (primary N) is 1. The van der Waals surface area contributed by atoms with Crippen molar-refractivity contribution < 1.29 is 10.2 Å². The quantitative estimate of drug-likeness (QED) is 0.482. The highest BCUT2D eigenvalue weighted by molar-refractivity contribution is 4.84. The van der Waals surface area contributed by atoms with Crippen LogP contribution in [0.1, 0.15) is 12.8 Å². The molecule has 0 radical (unpaired) electrons. The molecule has 4 N–H and O–H groups in total. The first-order chi connectivity index (χ1) is 4.77. The van der Waals surface area contributed by atoms with Crippen LogP contribution in [0.15, 0.2) is 0 Å². The van der Waals surface area contributed by atoms with Crippen molar-refractivity contribution in [2.75, 3.05) is 13.2 Å². The van der Waals surface area contributed by atoms with Crippen molar-refractivity contribution in [3.8, 4) is 0 Å². The van der Waals surface area contributed by atoms with Crippen LogP contribution in [0.4, 0.5) is 0 Å². The third-order valence-corrected chi connectivity index (χ3v) is 2.35. The second-order valence-corrected chi connectivity index (χ2v) is 3.12. The van der Waals surface area contributed by atoms with E-state index in [2.05, 4.69) is 0 Å². The molecule has 60 valence electrons. The van der Waals surface area contributed by atoms with Gasteiger partial charge < -0.3 is 15.9 Å². The molecule has 3 nitrogen and oxygen atoms in total. The Morgan fingerprint density at radius 1 is 1.10 bits per heavy atom. The van der Waals surface area contributed by atoms with Gasteiger partial charge in [-0.05, 0) is 24.7 Å². The normalized spacial score (nSPS) is 35.1. The second-order valence-electron chi connectivity index (χ2n) is 3.12. The minimum atomic E-state index is 0.166. The van der Waals surface area contributed by atoms with Crippen molar-refractivity contribution in [2.24, 2.45) is 17.6 Å². The number of rotatable bonds is 2. The third-order valence-electron chi connectivity index (χ3n) is 2.35. The molecule has 0 unspecified atom stereocenters. The van der Waals surface area contributed by atoms with Gasteiger partial charge in [0, 0.05) is 19.3 Å². The molecule has 1 rings (SSSR count). The highest BCUT2D eigenvalue weighted by Crippen LogP contribution is 2.29. The molecule has 1 fully saturated rings. The summed E-state index contributed by atoms with van der Waals surface area (Å²) in [5.74, 6) is 0.472. The van der Waals surface area contributed by atoms with Crippen molar-refractivity contribution >= 4 is 0 Å². The summed E-state index contributed by atoms with van der Waals surface area (Å²) in [4.78, 5) is 0. The molecule has 1 aliphatic carbocycles. The van der Waals surface area contributed by atoms with Gasteiger partial charge in [-0.2, -0.15) is 0 Å². The molecule has 0 aromatic heterocycles. The van der Waals surface area contributed by atoms with Gasteiger partial charge in [-0.15, -0.1) is 0 Å². The lowest BCUT2D eigenvalue weighted by atomic mass is 9.98. The summed E-state index contributed by atoms with van der Waals surface area (Å²) in [6, 6.07) is 0.189. The zero-order chi connectivity index (χ0) is 7.56. The summed E-state index contributed by atoms with van der Waals surface area (Å²) in [7, 11) is 0. The molecule has 1 saturated carbocycles. The largest absolute Gasteiger partial charge is 0.396 e. The van der Waals surface area contributed by atoms with Gasteiger partial charge in [-0.1, -0.05) is 0 Å². The molecule has 0 spiro atoms. The van der Waals surface area contributed by atoms with E-state index < -0.39 is 0 Å². The second kappa shape index (κ2) is 3.32. The standard InChI is InChI=1S/C7H15NO2/c8-7-1-5(3-9)6(2-7)4-10/h5-7,9-10H,1-4,8H2/t5-,6-/m1/s1. The summed E-state index contributed by atoms with van der Waals surface area (Å²) in [6.07, 6.45) is 1.73. The average molecular weight is 145 g/mol. The fraction of sp³-hybridized carbons (Fsp3) is 1.00. The Labute approximate surface area is 60.9 Å². The van der Waals surface area contributed by atoms with E-state index in [4.69, 9.17) is 15.9 Å². The smallest absolute Gasteiger partial charge is 0.0463 e. The molecular formula is C7H15NO2. The van der Waals surface area contributed by atoms with Crippen molar-refractivity contribution in [3.63, 3.8) is 0 Å². The van der Waals surface area contributed by atoms with Gasteiger partial charge in [0.15, 0.2) is 0 Å². The van der Waals surface area contributed by atoms with Crippen molar-refractivity contribution in [2.45, 2.75) is 18.9 Å². The molecule has 10 heavy (non-hydrogen) atoms. The maximum Gasteiger partial charge on any atom is 0.0463 e. The van der Waals surface area contributed by atoms with E-state index in [1.807, 2.05) is 0 Å². The van der Waals surface area contributed by atoms with Crippen molar-refractivity contribution in [3.05, 3.63) is 0 Å². The fourth-order valence-corrected chi connectivity index (χ4v) is 1.71. The summed E-state index contributed by atoms with van der Waals surface area (Å²) in [6.45, 7) is 0.331. The van der Waals surface area contributed by atoms with Crippen LogP contribution in [-0.2, 0) is 0 Å². The monoisotopic (exact) mass is 145 g/mol. The van der Waals surface area contributed by atoms with Crippen LogP contribution in [0.25, 0.3) is 0 Å². The average Bonchev–Trinajstić information content (AvgIpc) is 2.30. The molecule has 1 aliphatic rings. The van der Waals surface area contributed by atoms with Crippen LogP contribution < -0.4 is 5.73 Å². The van der Waals surface area contributed by atoms with Crippen molar-refractivity contribution in [1.29, 1.82) is 0 Å². The number of hydrogen-bond donors (Lipinski definition) is 3. The van der Waals surface area contributed by atoms with Crippen molar-refractivity contribution in [1.82, 2.24) is 0 Å². The topological polar surface area (TPSA) is 66.5 Å². The Balaban J connectivity index is 2.41. The predicted molar refractivity (Wildman–Crippen MR) is 38.4 cm³/mol. The molecule has 2 atom stereocenters. The van der Waals surface area contributed by atoms with E-state index in [9.17, 15) is 0 Å². The lowest BCUT2D eigenvalue weighted by Crippen LogP contribution is -2.15. The van der Waals surface area contributed by atoms with Gasteiger partial charge in [-0.3, -0.25) is 0 Å². The predicted octanol–water partition coefficient (Wildman–Crippen LogP) is -0.676. The van der Waals surface area contributed by atoms with Crippen LogP contribution in [0.2, 0.25) is 0 Å². The zero-order valence-corrected chi connectivity index (χ0v) is 6.03. The molecule has 3 heteroatoms. The summed E-state index contributed by atoms with van der Waals surface area (Å²) >= 11 is 0. The van der Waals surface area contributed by atoms with Gasteiger partial charge in [0.25, 0.3) is 0 Å². The zero-order valence-electron chi connectivity index (χ0n) is 6.03. The molecule has 0 bridgehead atoms. The molecule has 0 saturated heterocycles. The molecular weight excluding hydrogens is 130 g/mol. The highest BCUT2D eigenvalue weighted by atomic mass is 16.3. The Hall–Kier alpha value is -0.120. The number of aliphatic hydroxyl groups excluding tert-OH is 2. The van der Waals surface area contributed by atoms with Gasteiger partial charge in [0.1, 0.15) is 0 Å². The minimum Gasteiger partial charge on any atom is -0.396 e. The Morgan fingerprint density at radius 2 is 1.50 bits per heavy atom. The summed E-state index contributed by atoms with van der Waals surface area (Å²) in [5, 5.41) is 17.6. The lowest BCUT2D eigenvalue weighted by Gasteiger charge is -2.12. The summed E-state index contributed by atoms with van der Waals surface area (Å²) < 4.78 is 0. The van der Waals surface area contributed by atoms with E-state index in [1.54, 1.807) is 0 Å². The first kappa shape index (κ1) is 7.98. The SMILES string of the molecule is NC1C[C@H](CO)[C@@H](CO)C1. The first-order valence-corrected chi connectivity index (χ1v) is 3.75. The number of aliphatic hydroxyl groups is 2. The first-order valence-electron chi connectivity index (χ1n) is 3.75. The van der Waals surface area contributed by atoms with Gasteiger partial charge >= 0.3 is 0 Å². The van der Waals surface area contributed by atoms with Crippen LogP contribution in [-0.4, -0.2) is 29.5 Å². The van der Waals surface area contributed by atoms with E-state index in [1.165, 1.54) is 0 Å². The molecule has 0 amide bonds. The molecule has 0 aromatic rings. The molecule has 0 heterocycles. The van der Waals surface area contributed by atoms with E-state index in [-0.39, 0.29) is 31.1 Å². The molecule has 0 aromatic carbocycles. The van der Waals surface area contributed by atoms with Gasteiger partial charge in [-0.25, -0.2) is 0 Å². The van der Waals surface area contributed by atoms with Gasteiger partial charge in [0.2, 0.25) is 0 Å². The van der Waals surface area contributed by atoms with Crippen LogP contribution in [0, 0.1) is 11.8 Å². The van der Waals surface area contributed by atoms with E-state index in [0.717, 1.165) is 12.8 Å². The maximum absolute atomic E-state index is 8.82. The van der Waals surface area contributed by atoms with Crippen LogP contribution >= 0.6 is 0 Å². The van der Waals surface area contributed by atoms with Gasteiger partial charge in [0.05, 0.1) is 0 Å². The van der Waals surface area contributed by atoms with Crippen LogP contribution in [0.5, 0.6) is 0 Å². The molecule has 0 aliphatic heterocycles. The Kier molecular flexibility index (Phi) is 2.65. The minimum absolute atomic E-state index is 0.166. The fourth-order valence-electron chi connectivity index (χ4n) is 1.71. The van der Waals surface area contributed by atoms with E-state index >= 15 is 0 Å². The number of hydrogen-bond acceptors (Lipinski definition) is 3.